The molecule has 2 aromatic rings. The van der Waals surface area contributed by atoms with E-state index in [1.165, 1.54) is 0 Å². The standard InChI is InChI=1S/C17H20ClN3O5/c1-17(2,3)25-16(24)19-12(8-10-4-6-11(18)7-5-10)9-13-20-14(15(22)23)26-21-13/h4-7,12H,8-9H2,1-3H3,(H,19,24)(H,22,23)/t12-/m0/s1. The summed E-state index contributed by atoms with van der Waals surface area (Å²) < 4.78 is 9.93. The molecule has 8 nitrogen and oxygen atoms in total. The van der Waals surface area contributed by atoms with Crippen LogP contribution >= 0.6 is 11.6 Å². The number of carbonyl (C=O) groups is 2. The number of nitrogens with one attached hydrogen (secondary N) is 1. The number of carbonyl (C=O) groups excluding carboxylic acids is 1. The number of halogens is 1. The monoisotopic (exact) mass is 381 g/mol. The van der Waals surface area contributed by atoms with Crippen LogP contribution in [0.4, 0.5) is 4.79 Å². The summed E-state index contributed by atoms with van der Waals surface area (Å²) in [6.45, 7) is 5.29. The number of rotatable bonds is 6. The Morgan fingerprint density at radius 3 is 2.46 bits per heavy atom. The number of aromatic nitrogens is 2. The second-order valence-electron chi connectivity index (χ2n) is 6.70. The number of carboxylic acids is 1. The average molecular weight is 382 g/mol. The zero-order valence-electron chi connectivity index (χ0n) is 14.7. The summed E-state index contributed by atoms with van der Waals surface area (Å²) in [5, 5.41) is 15.9. The van der Waals surface area contributed by atoms with Crippen molar-refractivity contribution >= 4 is 23.7 Å². The number of hydrogen-bond acceptors (Lipinski definition) is 6. The van der Waals surface area contributed by atoms with E-state index in [-0.39, 0.29) is 12.2 Å². The van der Waals surface area contributed by atoms with E-state index in [0.29, 0.717) is 11.4 Å². The first-order valence-electron chi connectivity index (χ1n) is 7.92. The molecule has 26 heavy (non-hydrogen) atoms. The smallest absolute Gasteiger partial charge is 0.407 e. The van der Waals surface area contributed by atoms with Crippen LogP contribution in [0, 0.1) is 0 Å². The van der Waals surface area contributed by atoms with Crippen LogP contribution in [-0.4, -0.2) is 39.0 Å². The Labute approximate surface area is 155 Å². The molecular formula is C17H20ClN3O5. The first-order chi connectivity index (χ1) is 12.1. The SMILES string of the molecule is CC(C)(C)OC(=O)N[C@@H](Cc1ccc(Cl)cc1)Cc1noc(C(=O)O)n1. The van der Waals surface area contributed by atoms with E-state index in [4.69, 9.17) is 21.4 Å². The van der Waals surface area contributed by atoms with Crippen LogP contribution in [0.15, 0.2) is 28.8 Å². The van der Waals surface area contributed by atoms with Crippen LogP contribution in [0.3, 0.4) is 0 Å². The molecule has 9 heteroatoms. The summed E-state index contributed by atoms with van der Waals surface area (Å²) in [5.41, 5.74) is 0.287. The van der Waals surface area contributed by atoms with E-state index in [1.807, 2.05) is 12.1 Å². The third-order valence-corrected chi connectivity index (χ3v) is 3.45. The van der Waals surface area contributed by atoms with E-state index >= 15 is 0 Å². The molecule has 0 unspecified atom stereocenters. The second kappa shape index (κ2) is 8.18. The van der Waals surface area contributed by atoms with Crippen molar-refractivity contribution in [2.24, 2.45) is 0 Å². The van der Waals surface area contributed by atoms with Crippen molar-refractivity contribution in [2.75, 3.05) is 0 Å². The van der Waals surface area contributed by atoms with E-state index in [1.54, 1.807) is 32.9 Å². The predicted octanol–water partition coefficient (Wildman–Crippen LogP) is 3.10. The van der Waals surface area contributed by atoms with E-state index in [0.717, 1.165) is 5.56 Å². The molecule has 0 saturated heterocycles. The third-order valence-electron chi connectivity index (χ3n) is 3.20. The normalized spacial score (nSPS) is 12.5. The fraction of sp³-hybridized carbons (Fsp3) is 0.412. The summed E-state index contributed by atoms with van der Waals surface area (Å²) in [6, 6.07) is 6.75. The largest absolute Gasteiger partial charge is 0.474 e. The highest BCUT2D eigenvalue weighted by atomic mass is 35.5. The first-order valence-corrected chi connectivity index (χ1v) is 8.30. The van der Waals surface area contributed by atoms with Crippen LogP contribution in [-0.2, 0) is 17.6 Å². The lowest BCUT2D eigenvalue weighted by atomic mass is 10.0. The van der Waals surface area contributed by atoms with Gasteiger partial charge >= 0.3 is 18.0 Å². The molecule has 0 aliphatic rings. The van der Waals surface area contributed by atoms with Crippen molar-refractivity contribution in [2.45, 2.75) is 45.3 Å². The Hall–Kier alpha value is -2.61. The van der Waals surface area contributed by atoms with Crippen LogP contribution < -0.4 is 5.32 Å². The first kappa shape index (κ1) is 19.7. The van der Waals surface area contributed by atoms with Gasteiger partial charge in [-0.25, -0.2) is 9.59 Å². The number of amides is 1. The molecule has 0 fully saturated rings. The number of carboxylic acid groups (broad SMARTS) is 1. The van der Waals surface area contributed by atoms with Crippen LogP contribution in [0.1, 0.15) is 42.8 Å². The van der Waals surface area contributed by atoms with Crippen LogP contribution in [0.5, 0.6) is 0 Å². The van der Waals surface area contributed by atoms with Crippen molar-refractivity contribution in [3.8, 4) is 0 Å². The number of ether oxygens (including phenoxy) is 1. The Morgan fingerprint density at radius 1 is 1.27 bits per heavy atom. The summed E-state index contributed by atoms with van der Waals surface area (Å²) >= 11 is 5.89. The summed E-state index contributed by atoms with van der Waals surface area (Å²) in [6.07, 6.45) is 0.0462. The van der Waals surface area contributed by atoms with Gasteiger partial charge in [-0.1, -0.05) is 28.9 Å². The second-order valence-corrected chi connectivity index (χ2v) is 7.14. The lowest BCUT2D eigenvalue weighted by Crippen LogP contribution is -2.41. The minimum absolute atomic E-state index is 0.178. The molecule has 0 aliphatic carbocycles. The van der Waals surface area contributed by atoms with Gasteiger partial charge in [0.15, 0.2) is 5.82 Å². The van der Waals surface area contributed by atoms with Crippen molar-refractivity contribution < 1.29 is 24.0 Å². The van der Waals surface area contributed by atoms with Gasteiger partial charge < -0.3 is 19.7 Å². The molecule has 1 atom stereocenters. The predicted molar refractivity (Wildman–Crippen MR) is 93.3 cm³/mol. The molecule has 1 aromatic heterocycles. The molecule has 1 amide bonds. The molecule has 1 heterocycles. The van der Waals surface area contributed by atoms with Gasteiger partial charge in [0.1, 0.15) is 5.60 Å². The quantitative estimate of drug-likeness (QED) is 0.789. The molecule has 1 aromatic carbocycles. The highest BCUT2D eigenvalue weighted by molar-refractivity contribution is 6.30. The van der Waals surface area contributed by atoms with E-state index in [2.05, 4.69) is 20.0 Å². The zero-order chi connectivity index (χ0) is 19.3. The van der Waals surface area contributed by atoms with Crippen molar-refractivity contribution in [3.63, 3.8) is 0 Å². The Bertz CT molecular complexity index is 767. The summed E-state index contributed by atoms with van der Waals surface area (Å²) in [5.74, 6) is -1.63. The molecule has 0 radical (unpaired) electrons. The maximum Gasteiger partial charge on any atom is 0.407 e. The third kappa shape index (κ3) is 6.36. The number of nitrogens with zero attached hydrogens (tertiary/aromatic N) is 2. The number of hydrogen-bond donors (Lipinski definition) is 2. The summed E-state index contributed by atoms with van der Waals surface area (Å²) in [4.78, 5) is 26.8. The number of benzene rings is 1. The lowest BCUT2D eigenvalue weighted by molar-refractivity contribution is 0.0502. The molecule has 2 N–H and O–H groups in total. The zero-order valence-corrected chi connectivity index (χ0v) is 15.4. The van der Waals surface area contributed by atoms with Gasteiger partial charge in [0.05, 0.1) is 0 Å². The highest BCUT2D eigenvalue weighted by Crippen LogP contribution is 2.14. The molecule has 0 aliphatic heterocycles. The van der Waals surface area contributed by atoms with Gasteiger partial charge in [-0.3, -0.25) is 0 Å². The number of alkyl carbamates (subject to hydrolysis) is 1. The highest BCUT2D eigenvalue weighted by Gasteiger charge is 2.22. The van der Waals surface area contributed by atoms with Gasteiger partial charge in [-0.2, -0.15) is 4.98 Å². The van der Waals surface area contributed by atoms with Gasteiger partial charge in [-0.15, -0.1) is 0 Å². The van der Waals surface area contributed by atoms with Gasteiger partial charge in [0.2, 0.25) is 0 Å². The number of aromatic carboxylic acids is 1. The van der Waals surface area contributed by atoms with E-state index < -0.39 is 29.6 Å². The molecule has 0 bridgehead atoms. The Balaban J connectivity index is 2.12. The van der Waals surface area contributed by atoms with Crippen molar-refractivity contribution in [1.82, 2.24) is 15.5 Å². The minimum atomic E-state index is -1.31. The molecular weight excluding hydrogens is 362 g/mol. The molecule has 0 spiro atoms. The lowest BCUT2D eigenvalue weighted by Gasteiger charge is -2.23. The Kier molecular flexibility index (Phi) is 6.20. The van der Waals surface area contributed by atoms with Crippen LogP contribution in [0.25, 0.3) is 0 Å². The molecule has 2 rings (SSSR count). The van der Waals surface area contributed by atoms with Crippen molar-refractivity contribution in [3.05, 3.63) is 46.6 Å². The van der Waals surface area contributed by atoms with E-state index in [9.17, 15) is 9.59 Å². The van der Waals surface area contributed by atoms with Crippen LogP contribution in [0.2, 0.25) is 5.02 Å². The topological polar surface area (TPSA) is 115 Å². The Morgan fingerprint density at radius 2 is 1.92 bits per heavy atom. The molecule has 140 valence electrons. The van der Waals surface area contributed by atoms with Gasteiger partial charge in [-0.05, 0) is 44.9 Å². The summed E-state index contributed by atoms with van der Waals surface area (Å²) in [7, 11) is 0. The minimum Gasteiger partial charge on any atom is -0.474 e. The van der Waals surface area contributed by atoms with Crippen molar-refractivity contribution in [1.29, 1.82) is 0 Å². The van der Waals surface area contributed by atoms with Gasteiger partial charge in [0.25, 0.3) is 0 Å². The fourth-order valence-corrected chi connectivity index (χ4v) is 2.32. The fourth-order valence-electron chi connectivity index (χ4n) is 2.20. The average Bonchev–Trinajstić information content (AvgIpc) is 2.96. The maximum absolute atomic E-state index is 12.1. The van der Waals surface area contributed by atoms with Gasteiger partial charge in [0, 0.05) is 17.5 Å². The molecule has 0 saturated carbocycles. The maximum atomic E-state index is 12.1.